The summed E-state index contributed by atoms with van der Waals surface area (Å²) in [5.74, 6) is 0.683. The molecule has 1 atom stereocenters. The Balaban J connectivity index is 1.76. The molecule has 1 aliphatic heterocycles. The molecule has 1 unspecified atom stereocenters. The fourth-order valence-corrected chi connectivity index (χ4v) is 3.75. The summed E-state index contributed by atoms with van der Waals surface area (Å²) in [6.07, 6.45) is 7.84. The van der Waals surface area contributed by atoms with Crippen LogP contribution in [-0.2, 0) is 24.3 Å². The number of fused-ring (bicyclic) bond motifs is 1. The lowest BCUT2D eigenvalue weighted by Crippen LogP contribution is -2.32. The smallest absolute Gasteiger partial charge is 0.119 e. The molecule has 0 aromatic heterocycles. The van der Waals surface area contributed by atoms with Gasteiger partial charge in [-0.1, -0.05) is 37.5 Å². The highest BCUT2D eigenvalue weighted by molar-refractivity contribution is 5.36. The number of nitrogens with zero attached hydrogens (tertiary/aromatic N) is 1. The molecule has 116 valence electrons. The van der Waals surface area contributed by atoms with Crippen molar-refractivity contribution in [1.29, 1.82) is 0 Å². The minimum absolute atomic E-state index is 0.320. The van der Waals surface area contributed by atoms with Crippen LogP contribution in [0.3, 0.4) is 0 Å². The van der Waals surface area contributed by atoms with Crippen molar-refractivity contribution in [1.82, 2.24) is 5.06 Å². The number of hydrogen-bond acceptors (Lipinski definition) is 4. The van der Waals surface area contributed by atoms with Gasteiger partial charge >= 0.3 is 0 Å². The highest BCUT2D eigenvalue weighted by atomic mass is 16.5. The third-order valence-electron chi connectivity index (χ3n) is 4.92. The van der Waals surface area contributed by atoms with E-state index >= 15 is 0 Å². The maximum absolute atomic E-state index is 9.58. The van der Waals surface area contributed by atoms with E-state index < -0.39 is 0 Å². The second-order valence-corrected chi connectivity index (χ2v) is 6.31. The average molecular weight is 291 g/mol. The van der Waals surface area contributed by atoms with Crippen LogP contribution in [0.25, 0.3) is 0 Å². The van der Waals surface area contributed by atoms with Crippen molar-refractivity contribution in [2.75, 3.05) is 6.73 Å². The van der Waals surface area contributed by atoms with E-state index in [4.69, 9.17) is 9.84 Å². The van der Waals surface area contributed by atoms with E-state index in [0.717, 1.165) is 17.0 Å². The van der Waals surface area contributed by atoms with Crippen LogP contribution < -0.4 is 0 Å². The van der Waals surface area contributed by atoms with Crippen LogP contribution in [0.5, 0.6) is 0 Å². The fourth-order valence-electron chi connectivity index (χ4n) is 3.75. The minimum Gasteiger partial charge on any atom is -0.379 e. The van der Waals surface area contributed by atoms with Crippen molar-refractivity contribution in [3.8, 4) is 0 Å². The summed E-state index contributed by atoms with van der Waals surface area (Å²) in [4.78, 5) is 0. The molecule has 1 fully saturated rings. The van der Waals surface area contributed by atoms with Crippen molar-refractivity contribution in [2.24, 2.45) is 5.92 Å². The van der Waals surface area contributed by atoms with Crippen LogP contribution in [0.15, 0.2) is 18.2 Å². The van der Waals surface area contributed by atoms with Crippen LogP contribution in [0, 0.1) is 5.92 Å². The molecule has 3 rings (SSSR count). The molecular weight excluding hydrogens is 266 g/mol. The first-order chi connectivity index (χ1) is 10.3. The van der Waals surface area contributed by atoms with Gasteiger partial charge in [0, 0.05) is 0 Å². The Hall–Kier alpha value is -0.940. The minimum atomic E-state index is -0.341. The Morgan fingerprint density at radius 3 is 2.76 bits per heavy atom. The van der Waals surface area contributed by atoms with Gasteiger partial charge < -0.3 is 15.1 Å². The zero-order valence-electron chi connectivity index (χ0n) is 12.5. The summed E-state index contributed by atoms with van der Waals surface area (Å²) in [5, 5.41) is 19.5. The number of aliphatic hydroxyl groups is 1. The quantitative estimate of drug-likeness (QED) is 0.661. The molecule has 2 N–H and O–H groups in total. The Morgan fingerprint density at radius 1 is 1.19 bits per heavy atom. The lowest BCUT2D eigenvalue weighted by Gasteiger charge is -2.35. The molecule has 21 heavy (non-hydrogen) atoms. The van der Waals surface area contributed by atoms with Gasteiger partial charge in [0.15, 0.2) is 0 Å². The van der Waals surface area contributed by atoms with E-state index in [1.807, 2.05) is 12.1 Å². The van der Waals surface area contributed by atoms with Crippen LogP contribution in [-0.4, -0.2) is 28.2 Å². The van der Waals surface area contributed by atoms with Crippen molar-refractivity contribution in [3.05, 3.63) is 34.9 Å². The zero-order valence-corrected chi connectivity index (χ0v) is 12.5. The van der Waals surface area contributed by atoms with E-state index in [9.17, 15) is 5.21 Å². The van der Waals surface area contributed by atoms with Gasteiger partial charge in [-0.2, -0.15) is 5.06 Å². The highest BCUT2D eigenvalue weighted by Gasteiger charge is 2.29. The van der Waals surface area contributed by atoms with Crippen LogP contribution in [0.1, 0.15) is 48.8 Å². The third kappa shape index (κ3) is 3.46. The first-order valence-corrected chi connectivity index (χ1v) is 8.04. The van der Waals surface area contributed by atoms with E-state index in [-0.39, 0.29) is 6.73 Å². The molecule has 4 nitrogen and oxygen atoms in total. The first kappa shape index (κ1) is 15.0. The first-order valence-electron chi connectivity index (χ1n) is 8.04. The van der Waals surface area contributed by atoms with Crippen LogP contribution >= 0.6 is 0 Å². The molecule has 0 amide bonds. The Labute approximate surface area is 126 Å². The fraction of sp³-hybridized carbons (Fsp3) is 0.647. The molecule has 4 heteroatoms. The van der Waals surface area contributed by atoms with Crippen LogP contribution in [0.2, 0.25) is 0 Å². The van der Waals surface area contributed by atoms with Crippen molar-refractivity contribution in [3.63, 3.8) is 0 Å². The Bertz CT molecular complexity index is 471. The molecular formula is C17H25NO3. The second-order valence-electron chi connectivity index (χ2n) is 6.31. The number of hydroxylamine groups is 2. The van der Waals surface area contributed by atoms with Gasteiger partial charge in [0.2, 0.25) is 0 Å². The third-order valence-corrected chi connectivity index (χ3v) is 4.92. The van der Waals surface area contributed by atoms with Gasteiger partial charge in [-0.25, -0.2) is 0 Å². The lowest BCUT2D eigenvalue weighted by atomic mass is 9.81. The maximum atomic E-state index is 9.58. The number of hydrogen-bond donors (Lipinski definition) is 2. The number of benzene rings is 1. The molecule has 1 aromatic carbocycles. The lowest BCUT2D eigenvalue weighted by molar-refractivity contribution is -0.150. The maximum Gasteiger partial charge on any atom is 0.119 e. The molecule has 1 heterocycles. The molecule has 0 spiro atoms. The van der Waals surface area contributed by atoms with Gasteiger partial charge in [0.05, 0.1) is 19.3 Å². The summed E-state index contributed by atoms with van der Waals surface area (Å²) in [7, 11) is 0. The zero-order chi connectivity index (χ0) is 14.7. The van der Waals surface area contributed by atoms with Gasteiger partial charge in [-0.3, -0.25) is 0 Å². The SMILES string of the molecule is OCN(O)Cc1cccc2c1CC(C1CCCCC1)OC2. The Kier molecular flexibility index (Phi) is 4.91. The predicted octanol–water partition coefficient (Wildman–Crippen LogP) is 2.85. The van der Waals surface area contributed by atoms with E-state index in [2.05, 4.69) is 6.07 Å². The number of rotatable bonds is 4. The molecule has 1 aromatic rings. The summed E-state index contributed by atoms with van der Waals surface area (Å²) in [6.45, 7) is 0.707. The Morgan fingerprint density at radius 2 is 2.00 bits per heavy atom. The average Bonchev–Trinajstić information content (AvgIpc) is 2.55. The van der Waals surface area contributed by atoms with E-state index in [0.29, 0.717) is 25.2 Å². The standard InChI is InChI=1S/C17H25NO3/c19-12-18(20)10-14-7-4-8-15-11-21-17(9-16(14)15)13-5-2-1-3-6-13/h4,7-8,13,17,19-20H,1-3,5-6,9-12H2. The molecule has 0 saturated heterocycles. The molecule has 0 bridgehead atoms. The van der Waals surface area contributed by atoms with Crippen LogP contribution in [0.4, 0.5) is 0 Å². The second kappa shape index (κ2) is 6.88. The van der Waals surface area contributed by atoms with Crippen molar-refractivity contribution < 1.29 is 15.1 Å². The topological polar surface area (TPSA) is 52.9 Å². The normalized spacial score (nSPS) is 23.3. The van der Waals surface area contributed by atoms with E-state index in [1.165, 1.54) is 43.2 Å². The number of aliphatic hydroxyl groups excluding tert-OH is 1. The van der Waals surface area contributed by atoms with Gasteiger partial charge in [-0.15, -0.1) is 0 Å². The summed E-state index contributed by atoms with van der Waals surface area (Å²) in [6, 6.07) is 6.15. The number of ether oxygens (including phenoxy) is 1. The van der Waals surface area contributed by atoms with Gasteiger partial charge in [-0.05, 0) is 41.9 Å². The largest absolute Gasteiger partial charge is 0.379 e. The molecule has 1 saturated carbocycles. The summed E-state index contributed by atoms with van der Waals surface area (Å²) in [5.41, 5.74) is 3.64. The van der Waals surface area contributed by atoms with Crippen molar-refractivity contribution in [2.45, 2.75) is 57.8 Å². The molecule has 1 aliphatic carbocycles. The highest BCUT2D eigenvalue weighted by Crippen LogP contribution is 2.34. The monoisotopic (exact) mass is 291 g/mol. The van der Waals surface area contributed by atoms with E-state index in [1.54, 1.807) is 0 Å². The summed E-state index contributed by atoms with van der Waals surface area (Å²) >= 11 is 0. The van der Waals surface area contributed by atoms with Gasteiger partial charge in [0.25, 0.3) is 0 Å². The summed E-state index contributed by atoms with van der Waals surface area (Å²) < 4.78 is 6.10. The molecule has 0 radical (unpaired) electrons. The van der Waals surface area contributed by atoms with Gasteiger partial charge in [0.1, 0.15) is 6.73 Å². The molecule has 2 aliphatic rings. The van der Waals surface area contributed by atoms with Crippen molar-refractivity contribution >= 4 is 0 Å². The predicted molar refractivity (Wildman–Crippen MR) is 79.7 cm³/mol.